The third-order valence-electron chi connectivity index (χ3n) is 0.955. The zero-order valence-electron chi connectivity index (χ0n) is 5.20. The molecule has 0 aromatic rings. The fraction of sp³-hybridized carbons (Fsp3) is 0.800. The molecule has 0 aromatic heterocycles. The van der Waals surface area contributed by atoms with Gasteiger partial charge < -0.3 is 5.09 Å². The molecule has 0 aliphatic rings. The summed E-state index contributed by atoms with van der Waals surface area (Å²) in [6, 6.07) is 0. The molecule has 8 heavy (non-hydrogen) atoms. The second-order valence-corrected chi connectivity index (χ2v) is 2.02. The molecule has 2 nitrogen and oxygen atoms in total. The second kappa shape index (κ2) is 5.04. The van der Waals surface area contributed by atoms with Gasteiger partial charge in [0.05, 0.1) is 5.84 Å². The first-order valence-electron chi connectivity index (χ1n) is 2.85. The lowest BCUT2D eigenvalue weighted by Gasteiger charge is -1.97. The maximum Gasteiger partial charge on any atom is 0.0960 e. The summed E-state index contributed by atoms with van der Waals surface area (Å²) in [6.07, 6.45) is 3.15. The predicted octanol–water partition coefficient (Wildman–Crippen LogP) is 1.53. The smallest absolute Gasteiger partial charge is 0.0960 e. The molecule has 1 unspecified atom stereocenters. The molecule has 0 spiro atoms. The fourth-order valence-electron chi connectivity index (χ4n) is 0.426. The van der Waals surface area contributed by atoms with Crippen molar-refractivity contribution in [3.05, 3.63) is 0 Å². The van der Waals surface area contributed by atoms with Crippen LogP contribution in [0.15, 0.2) is 0 Å². The van der Waals surface area contributed by atoms with Crippen LogP contribution in [-0.4, -0.2) is 5.84 Å². The summed E-state index contributed by atoms with van der Waals surface area (Å²) >= 11 is 0. The van der Waals surface area contributed by atoms with Gasteiger partial charge in [-0.3, -0.25) is 5.41 Å². The summed E-state index contributed by atoms with van der Waals surface area (Å²) < 4.78 is 0. The van der Waals surface area contributed by atoms with Crippen molar-refractivity contribution in [1.82, 2.24) is 5.09 Å². The van der Waals surface area contributed by atoms with E-state index in [1.165, 1.54) is 0 Å². The Bertz CT molecular complexity index is 72.8. The Labute approximate surface area is 52.8 Å². The molecule has 1 atom stereocenters. The first kappa shape index (κ1) is 7.90. The summed E-state index contributed by atoms with van der Waals surface area (Å²) in [5.41, 5.74) is 0. The van der Waals surface area contributed by atoms with E-state index in [-0.39, 0.29) is 0 Å². The highest BCUT2D eigenvalue weighted by molar-refractivity contribution is 7.15. The molecule has 0 saturated carbocycles. The van der Waals surface area contributed by atoms with Crippen LogP contribution in [0.1, 0.15) is 26.2 Å². The summed E-state index contributed by atoms with van der Waals surface area (Å²) in [5, 5.41) is 9.81. The minimum absolute atomic E-state index is 0.608. The van der Waals surface area contributed by atoms with Crippen LogP contribution in [-0.2, 0) is 0 Å². The number of nitrogens with one attached hydrogen (secondary N) is 2. The SMILES string of the molecule is CCCCC(=N)NP. The highest BCUT2D eigenvalue weighted by Gasteiger charge is 1.88. The quantitative estimate of drug-likeness (QED) is 0.341. The first-order valence-corrected chi connectivity index (χ1v) is 3.43. The summed E-state index contributed by atoms with van der Waals surface area (Å²) in [5.74, 6) is 0.608. The van der Waals surface area contributed by atoms with Crippen LogP contribution in [0.2, 0.25) is 0 Å². The summed E-state index contributed by atoms with van der Waals surface area (Å²) in [6.45, 7) is 2.12. The highest BCUT2D eigenvalue weighted by atomic mass is 31.0. The van der Waals surface area contributed by atoms with E-state index in [1.54, 1.807) is 0 Å². The van der Waals surface area contributed by atoms with Crippen LogP contribution in [0.25, 0.3) is 0 Å². The Morgan fingerprint density at radius 2 is 2.38 bits per heavy atom. The van der Waals surface area contributed by atoms with Crippen molar-refractivity contribution >= 4 is 15.2 Å². The van der Waals surface area contributed by atoms with Gasteiger partial charge in [-0.1, -0.05) is 13.3 Å². The maximum absolute atomic E-state index is 7.11. The molecule has 0 aliphatic heterocycles. The lowest BCUT2D eigenvalue weighted by molar-refractivity contribution is 0.825. The van der Waals surface area contributed by atoms with Crippen LogP contribution in [0, 0.1) is 5.41 Å². The molecule has 0 bridgehead atoms. The van der Waals surface area contributed by atoms with E-state index in [4.69, 9.17) is 5.41 Å². The zero-order chi connectivity index (χ0) is 6.41. The van der Waals surface area contributed by atoms with E-state index in [0.29, 0.717) is 5.84 Å². The van der Waals surface area contributed by atoms with E-state index in [2.05, 4.69) is 21.4 Å². The van der Waals surface area contributed by atoms with Crippen molar-refractivity contribution in [3.8, 4) is 0 Å². The molecule has 0 aromatic carbocycles. The van der Waals surface area contributed by atoms with Crippen molar-refractivity contribution in [1.29, 1.82) is 5.41 Å². The number of hydrogen-bond acceptors (Lipinski definition) is 1. The molecule has 48 valence electrons. The van der Waals surface area contributed by atoms with Crippen molar-refractivity contribution in [2.45, 2.75) is 26.2 Å². The summed E-state index contributed by atoms with van der Waals surface area (Å²) in [4.78, 5) is 0. The average molecular weight is 132 g/mol. The van der Waals surface area contributed by atoms with Gasteiger partial charge >= 0.3 is 0 Å². The Morgan fingerprint density at radius 3 is 2.75 bits per heavy atom. The van der Waals surface area contributed by atoms with Crippen molar-refractivity contribution < 1.29 is 0 Å². The van der Waals surface area contributed by atoms with Gasteiger partial charge in [-0.25, -0.2) is 0 Å². The van der Waals surface area contributed by atoms with Crippen LogP contribution in [0.5, 0.6) is 0 Å². The van der Waals surface area contributed by atoms with Gasteiger partial charge in [-0.2, -0.15) is 0 Å². The van der Waals surface area contributed by atoms with E-state index < -0.39 is 0 Å². The van der Waals surface area contributed by atoms with Crippen LogP contribution >= 0.6 is 9.39 Å². The van der Waals surface area contributed by atoms with Crippen molar-refractivity contribution in [3.63, 3.8) is 0 Å². The minimum Gasteiger partial charge on any atom is -0.359 e. The van der Waals surface area contributed by atoms with E-state index in [1.807, 2.05) is 0 Å². The first-order chi connectivity index (χ1) is 3.81. The predicted molar refractivity (Wildman–Crippen MR) is 40.1 cm³/mol. The number of hydrogen-bond donors (Lipinski definition) is 2. The highest BCUT2D eigenvalue weighted by Crippen LogP contribution is 1.93. The van der Waals surface area contributed by atoms with Crippen LogP contribution in [0.3, 0.4) is 0 Å². The van der Waals surface area contributed by atoms with Crippen molar-refractivity contribution in [2.24, 2.45) is 0 Å². The molecule has 0 rings (SSSR count). The molecule has 2 N–H and O–H groups in total. The normalized spacial score (nSPS) is 8.75. The van der Waals surface area contributed by atoms with E-state index in [9.17, 15) is 0 Å². The van der Waals surface area contributed by atoms with Crippen LogP contribution in [0.4, 0.5) is 0 Å². The second-order valence-electron chi connectivity index (χ2n) is 1.73. The fourth-order valence-corrected chi connectivity index (χ4v) is 0.570. The molecule has 0 fully saturated rings. The van der Waals surface area contributed by atoms with Gasteiger partial charge in [0.25, 0.3) is 0 Å². The Hall–Kier alpha value is -0.100. The zero-order valence-corrected chi connectivity index (χ0v) is 6.35. The average Bonchev–Trinajstić information content (AvgIpc) is 1.83. The van der Waals surface area contributed by atoms with Crippen LogP contribution < -0.4 is 5.09 Å². The van der Waals surface area contributed by atoms with Gasteiger partial charge in [0.15, 0.2) is 0 Å². The largest absolute Gasteiger partial charge is 0.359 e. The van der Waals surface area contributed by atoms with Gasteiger partial charge in [0.1, 0.15) is 0 Å². The number of unbranched alkanes of at least 4 members (excludes halogenated alkanes) is 1. The minimum atomic E-state index is 0.608. The third-order valence-corrected chi connectivity index (χ3v) is 1.30. The topological polar surface area (TPSA) is 35.9 Å². The summed E-state index contributed by atoms with van der Waals surface area (Å²) in [7, 11) is 2.31. The monoisotopic (exact) mass is 132 g/mol. The third kappa shape index (κ3) is 4.07. The molecule has 0 amide bonds. The van der Waals surface area contributed by atoms with Gasteiger partial charge in [0, 0.05) is 6.42 Å². The number of rotatable bonds is 3. The standard InChI is InChI=1S/C5H13N2P/c1-2-3-4-5(6)7-8/h2-4,8H2,1H3,(H2,6,7). The Kier molecular flexibility index (Phi) is 4.98. The van der Waals surface area contributed by atoms with Gasteiger partial charge in [-0.05, 0) is 15.8 Å². The van der Waals surface area contributed by atoms with Crippen molar-refractivity contribution in [2.75, 3.05) is 0 Å². The number of amidine groups is 1. The van der Waals surface area contributed by atoms with Gasteiger partial charge in [0.2, 0.25) is 0 Å². The Morgan fingerprint density at radius 1 is 1.75 bits per heavy atom. The lowest BCUT2D eigenvalue weighted by atomic mass is 10.2. The molecule has 0 radical (unpaired) electrons. The molecule has 0 heterocycles. The molecule has 0 aliphatic carbocycles. The lowest BCUT2D eigenvalue weighted by Crippen LogP contribution is -2.09. The molecule has 3 heteroatoms. The molecule has 0 saturated heterocycles. The van der Waals surface area contributed by atoms with Gasteiger partial charge in [-0.15, -0.1) is 0 Å². The van der Waals surface area contributed by atoms with E-state index in [0.717, 1.165) is 19.3 Å². The maximum atomic E-state index is 7.11. The Balaban J connectivity index is 2.99. The molecular formula is C5H13N2P. The molecular weight excluding hydrogens is 119 g/mol. The van der Waals surface area contributed by atoms with E-state index >= 15 is 0 Å².